The van der Waals surface area contributed by atoms with E-state index in [2.05, 4.69) is 32.6 Å². The maximum atomic E-state index is 13.4. The molecule has 6 nitrogen and oxygen atoms in total. The van der Waals surface area contributed by atoms with Crippen LogP contribution in [0.3, 0.4) is 0 Å². The van der Waals surface area contributed by atoms with Crippen molar-refractivity contribution >= 4 is 15.9 Å². The Labute approximate surface area is 201 Å². The van der Waals surface area contributed by atoms with Crippen molar-refractivity contribution in [3.05, 3.63) is 29.8 Å². The molecule has 1 amide bonds. The van der Waals surface area contributed by atoms with Crippen molar-refractivity contribution in [1.82, 2.24) is 14.1 Å². The maximum Gasteiger partial charge on any atom is 0.253 e. The second kappa shape index (κ2) is 11.3. The molecule has 0 N–H and O–H groups in total. The van der Waals surface area contributed by atoms with E-state index in [1.165, 1.54) is 12.8 Å². The van der Waals surface area contributed by atoms with E-state index in [-0.39, 0.29) is 16.2 Å². The zero-order valence-corrected chi connectivity index (χ0v) is 21.9. The number of likely N-dealkylation sites (tertiary alicyclic amines) is 1. The molecule has 1 aromatic carbocycles. The lowest BCUT2D eigenvalue weighted by molar-refractivity contribution is 0.0741. The molecule has 0 saturated carbocycles. The van der Waals surface area contributed by atoms with Crippen LogP contribution in [0.4, 0.5) is 0 Å². The number of hydrogen-bond acceptors (Lipinski definition) is 4. The van der Waals surface area contributed by atoms with Gasteiger partial charge in [-0.25, -0.2) is 8.42 Å². The van der Waals surface area contributed by atoms with Crippen LogP contribution in [-0.4, -0.2) is 74.2 Å². The highest BCUT2D eigenvalue weighted by molar-refractivity contribution is 7.89. The zero-order chi connectivity index (χ0) is 24.1. The minimum absolute atomic E-state index is 0.0261. The first-order valence-corrected chi connectivity index (χ1v) is 14.1. The number of sulfonamides is 1. The van der Waals surface area contributed by atoms with Crippen molar-refractivity contribution < 1.29 is 13.2 Å². The van der Waals surface area contributed by atoms with E-state index in [0.717, 1.165) is 45.3 Å². The number of benzene rings is 1. The molecule has 0 bridgehead atoms. The lowest BCUT2D eigenvalue weighted by Gasteiger charge is -2.37. The third kappa shape index (κ3) is 7.27. The Kier molecular flexibility index (Phi) is 8.98. The standard InChI is InChI=1S/C26H43N3O3S/c1-22(2)12-19-28(17-9-16-27-14-5-6-15-27)25(30)23-10-7-11-24(20-23)33(31,32)29-18-8-13-26(3,4)21-29/h7,10-11,20,22H,5-6,8-9,12-19,21H2,1-4H3. The van der Waals surface area contributed by atoms with Crippen LogP contribution < -0.4 is 0 Å². The van der Waals surface area contributed by atoms with Gasteiger partial charge in [0, 0.05) is 31.7 Å². The lowest BCUT2D eigenvalue weighted by Crippen LogP contribution is -2.43. The van der Waals surface area contributed by atoms with E-state index in [9.17, 15) is 13.2 Å². The van der Waals surface area contributed by atoms with Crippen molar-refractivity contribution in [2.75, 3.05) is 45.8 Å². The average molecular weight is 478 g/mol. The Hall–Kier alpha value is -1.44. The van der Waals surface area contributed by atoms with Crippen LogP contribution in [-0.2, 0) is 10.0 Å². The molecule has 0 aliphatic carbocycles. The summed E-state index contributed by atoms with van der Waals surface area (Å²) < 4.78 is 28.3. The summed E-state index contributed by atoms with van der Waals surface area (Å²) in [5.74, 6) is 0.446. The van der Waals surface area contributed by atoms with Crippen molar-refractivity contribution in [2.45, 2.75) is 71.1 Å². The van der Waals surface area contributed by atoms with Crippen molar-refractivity contribution in [3.8, 4) is 0 Å². The molecule has 0 radical (unpaired) electrons. The molecular weight excluding hydrogens is 434 g/mol. The van der Waals surface area contributed by atoms with Crippen molar-refractivity contribution in [3.63, 3.8) is 0 Å². The van der Waals surface area contributed by atoms with Crippen LogP contribution in [0.15, 0.2) is 29.2 Å². The van der Waals surface area contributed by atoms with E-state index in [0.29, 0.717) is 37.7 Å². The zero-order valence-electron chi connectivity index (χ0n) is 21.1. The molecule has 2 aliphatic heterocycles. The SMILES string of the molecule is CC(C)CCN(CCCN1CCCC1)C(=O)c1cccc(S(=O)(=O)N2CCCC(C)(C)C2)c1. The van der Waals surface area contributed by atoms with Gasteiger partial charge in [-0.3, -0.25) is 4.79 Å². The summed E-state index contributed by atoms with van der Waals surface area (Å²) in [6.07, 6.45) is 6.32. The van der Waals surface area contributed by atoms with Gasteiger partial charge >= 0.3 is 0 Å². The van der Waals surface area contributed by atoms with E-state index in [4.69, 9.17) is 0 Å². The Morgan fingerprint density at radius 3 is 2.48 bits per heavy atom. The van der Waals surface area contributed by atoms with Crippen molar-refractivity contribution in [2.24, 2.45) is 11.3 Å². The molecule has 0 atom stereocenters. The van der Waals surface area contributed by atoms with Gasteiger partial charge in [-0.2, -0.15) is 4.31 Å². The van der Waals surface area contributed by atoms with Gasteiger partial charge in [0.2, 0.25) is 10.0 Å². The summed E-state index contributed by atoms with van der Waals surface area (Å²) in [7, 11) is -3.61. The highest BCUT2D eigenvalue weighted by Crippen LogP contribution is 2.32. The first kappa shape index (κ1) is 26.2. The molecule has 2 aliphatic rings. The molecule has 2 heterocycles. The molecular formula is C26H43N3O3S. The fraction of sp³-hybridized carbons (Fsp3) is 0.731. The largest absolute Gasteiger partial charge is 0.339 e. The Morgan fingerprint density at radius 1 is 1.09 bits per heavy atom. The molecule has 33 heavy (non-hydrogen) atoms. The smallest absolute Gasteiger partial charge is 0.253 e. The minimum Gasteiger partial charge on any atom is -0.339 e. The van der Waals surface area contributed by atoms with E-state index in [1.807, 2.05) is 4.90 Å². The number of hydrogen-bond donors (Lipinski definition) is 0. The molecule has 0 aromatic heterocycles. The van der Waals surface area contributed by atoms with Gasteiger partial charge in [0.05, 0.1) is 4.90 Å². The first-order valence-electron chi connectivity index (χ1n) is 12.7. The van der Waals surface area contributed by atoms with E-state index in [1.54, 1.807) is 28.6 Å². The Balaban J connectivity index is 1.73. The molecule has 1 aromatic rings. The molecule has 2 saturated heterocycles. The molecule has 2 fully saturated rings. The minimum atomic E-state index is -3.61. The Bertz CT molecular complexity index is 892. The maximum absolute atomic E-state index is 13.4. The predicted molar refractivity (Wildman–Crippen MR) is 134 cm³/mol. The van der Waals surface area contributed by atoms with Crippen LogP contribution in [0.5, 0.6) is 0 Å². The Morgan fingerprint density at radius 2 is 1.82 bits per heavy atom. The summed E-state index contributed by atoms with van der Waals surface area (Å²) >= 11 is 0. The van der Waals surface area contributed by atoms with Crippen LogP contribution in [0.1, 0.15) is 76.6 Å². The second-order valence-electron chi connectivity index (χ2n) is 11.0. The number of carbonyl (C=O) groups is 1. The second-order valence-corrected chi connectivity index (χ2v) is 12.9. The van der Waals surface area contributed by atoms with E-state index < -0.39 is 10.0 Å². The predicted octanol–water partition coefficient (Wildman–Crippen LogP) is 4.47. The van der Waals surface area contributed by atoms with Gasteiger partial charge in [0.1, 0.15) is 0 Å². The third-order valence-electron chi connectivity index (χ3n) is 6.95. The molecule has 7 heteroatoms. The van der Waals surface area contributed by atoms with Gasteiger partial charge in [-0.05, 0) is 87.7 Å². The van der Waals surface area contributed by atoms with Gasteiger partial charge in [-0.15, -0.1) is 0 Å². The lowest BCUT2D eigenvalue weighted by atomic mass is 9.85. The summed E-state index contributed by atoms with van der Waals surface area (Å²) in [5, 5.41) is 0. The van der Waals surface area contributed by atoms with Gasteiger partial charge in [0.15, 0.2) is 0 Å². The molecule has 3 rings (SSSR count). The normalized spacial score (nSPS) is 19.8. The van der Waals surface area contributed by atoms with E-state index >= 15 is 0 Å². The third-order valence-corrected chi connectivity index (χ3v) is 8.79. The number of nitrogens with zero attached hydrogens (tertiary/aromatic N) is 3. The van der Waals surface area contributed by atoms with Gasteiger partial charge in [-0.1, -0.05) is 33.8 Å². The van der Waals surface area contributed by atoms with Gasteiger partial charge < -0.3 is 9.80 Å². The monoisotopic (exact) mass is 477 g/mol. The quantitative estimate of drug-likeness (QED) is 0.499. The summed E-state index contributed by atoms with van der Waals surface area (Å²) in [6.45, 7) is 14.4. The molecule has 0 spiro atoms. The average Bonchev–Trinajstić information content (AvgIpc) is 3.28. The van der Waals surface area contributed by atoms with Crippen LogP contribution >= 0.6 is 0 Å². The topological polar surface area (TPSA) is 60.9 Å². The molecule has 0 unspecified atom stereocenters. The number of carbonyl (C=O) groups excluding carboxylic acids is 1. The summed E-state index contributed by atoms with van der Waals surface area (Å²) in [5.41, 5.74) is 0.444. The highest BCUT2D eigenvalue weighted by atomic mass is 32.2. The summed E-state index contributed by atoms with van der Waals surface area (Å²) in [4.78, 5) is 18.1. The van der Waals surface area contributed by atoms with Gasteiger partial charge in [0.25, 0.3) is 5.91 Å². The number of rotatable bonds is 10. The van der Waals surface area contributed by atoms with Crippen molar-refractivity contribution in [1.29, 1.82) is 0 Å². The van der Waals surface area contributed by atoms with Crippen LogP contribution in [0.25, 0.3) is 0 Å². The summed E-state index contributed by atoms with van der Waals surface area (Å²) in [6, 6.07) is 6.67. The molecule has 186 valence electrons. The fourth-order valence-corrected chi connectivity index (χ4v) is 6.63. The fourth-order valence-electron chi connectivity index (χ4n) is 4.92. The first-order chi connectivity index (χ1) is 15.6. The van der Waals surface area contributed by atoms with Crippen LogP contribution in [0, 0.1) is 11.3 Å². The highest BCUT2D eigenvalue weighted by Gasteiger charge is 2.34. The number of piperidine rings is 1. The number of amides is 1. The van der Waals surface area contributed by atoms with Crippen LogP contribution in [0.2, 0.25) is 0 Å².